The zero-order valence-electron chi connectivity index (χ0n) is 25.1. The van der Waals surface area contributed by atoms with Crippen molar-refractivity contribution in [1.29, 1.82) is 0 Å². The van der Waals surface area contributed by atoms with E-state index >= 15 is 0 Å². The van der Waals surface area contributed by atoms with Crippen LogP contribution in [0.3, 0.4) is 0 Å². The molecule has 2 atom stereocenters. The molecule has 1 heterocycles. The third-order valence-corrected chi connectivity index (χ3v) is 8.14. The number of carbonyl (C=O) groups excluding carboxylic acids is 2. The highest BCUT2D eigenvalue weighted by atomic mass is 16.5. The Morgan fingerprint density at radius 2 is 1.66 bits per heavy atom. The Hall–Kier alpha value is -3.10. The monoisotopic (exact) mass is 565 g/mol. The van der Waals surface area contributed by atoms with E-state index in [0.29, 0.717) is 49.2 Å². The van der Waals surface area contributed by atoms with E-state index in [1.807, 2.05) is 41.3 Å². The molecule has 0 bridgehead atoms. The summed E-state index contributed by atoms with van der Waals surface area (Å²) in [5.41, 5.74) is 1.63. The fraction of sp³-hybridized carbons (Fsp3) is 0.576. The number of hydrogen-bond donors (Lipinski definition) is 1. The molecule has 2 unspecified atom stereocenters. The zero-order chi connectivity index (χ0) is 29.2. The van der Waals surface area contributed by atoms with Crippen molar-refractivity contribution in [3.63, 3.8) is 0 Å². The van der Waals surface area contributed by atoms with Crippen molar-refractivity contribution >= 4 is 11.8 Å². The lowest BCUT2D eigenvalue weighted by atomic mass is 9.93. The molecule has 41 heavy (non-hydrogen) atoms. The topological polar surface area (TPSA) is 80.3 Å². The van der Waals surface area contributed by atoms with Gasteiger partial charge >= 0.3 is 0 Å². The van der Waals surface area contributed by atoms with Gasteiger partial charge in [-0.3, -0.25) is 9.59 Å². The summed E-state index contributed by atoms with van der Waals surface area (Å²) in [5.74, 6) is 2.51. The Balaban J connectivity index is 1.43. The van der Waals surface area contributed by atoms with Gasteiger partial charge in [0.15, 0.2) is 11.5 Å². The molecule has 0 spiro atoms. The first kappa shape index (κ1) is 30.8. The fourth-order valence-electron chi connectivity index (χ4n) is 5.52. The van der Waals surface area contributed by atoms with Gasteiger partial charge in [-0.05, 0) is 68.2 Å². The van der Waals surface area contributed by atoms with Crippen molar-refractivity contribution in [2.75, 3.05) is 60.2 Å². The number of hydrogen-bond acceptors (Lipinski definition) is 6. The SMILES string of the molecule is COCCCOc1cc(C(=O)N(CC2CNCC2CN(CC2CC2)C(=O)Cc2ccccc2)C(C)C)ccc1OC. The average Bonchev–Trinajstić information content (AvgIpc) is 3.69. The molecule has 2 aromatic rings. The van der Waals surface area contributed by atoms with E-state index in [0.717, 1.165) is 38.2 Å². The quantitative estimate of drug-likeness (QED) is 0.306. The second-order valence-electron chi connectivity index (χ2n) is 11.7. The van der Waals surface area contributed by atoms with Gasteiger partial charge in [-0.25, -0.2) is 0 Å². The molecular weight excluding hydrogens is 518 g/mol. The third-order valence-electron chi connectivity index (χ3n) is 8.14. The van der Waals surface area contributed by atoms with Crippen molar-refractivity contribution in [3.05, 3.63) is 59.7 Å². The van der Waals surface area contributed by atoms with Crippen molar-refractivity contribution in [2.45, 2.75) is 45.6 Å². The smallest absolute Gasteiger partial charge is 0.254 e. The summed E-state index contributed by atoms with van der Waals surface area (Å²) < 4.78 is 16.5. The first-order valence-electron chi connectivity index (χ1n) is 15.0. The molecule has 2 fully saturated rings. The van der Waals surface area contributed by atoms with Gasteiger partial charge in [0.05, 0.1) is 20.1 Å². The predicted molar refractivity (Wildman–Crippen MR) is 160 cm³/mol. The highest BCUT2D eigenvalue weighted by molar-refractivity contribution is 5.95. The Bertz CT molecular complexity index is 1120. The lowest BCUT2D eigenvalue weighted by molar-refractivity contribution is -0.131. The summed E-state index contributed by atoms with van der Waals surface area (Å²) in [4.78, 5) is 31.3. The molecular formula is C33H47N3O5. The number of carbonyl (C=O) groups is 2. The first-order valence-corrected chi connectivity index (χ1v) is 15.0. The highest BCUT2D eigenvalue weighted by Gasteiger charge is 2.35. The van der Waals surface area contributed by atoms with Crippen LogP contribution >= 0.6 is 0 Å². The van der Waals surface area contributed by atoms with E-state index in [9.17, 15) is 9.59 Å². The van der Waals surface area contributed by atoms with Crippen LogP contribution in [0.4, 0.5) is 0 Å². The molecule has 0 radical (unpaired) electrons. The minimum atomic E-state index is -0.0231. The van der Waals surface area contributed by atoms with Crippen molar-refractivity contribution in [3.8, 4) is 11.5 Å². The van der Waals surface area contributed by atoms with Gasteiger partial charge < -0.3 is 29.3 Å². The molecule has 1 saturated heterocycles. The van der Waals surface area contributed by atoms with Gasteiger partial charge in [0.1, 0.15) is 0 Å². The van der Waals surface area contributed by atoms with Crippen LogP contribution in [-0.4, -0.2) is 87.8 Å². The molecule has 4 rings (SSSR count). The lowest BCUT2D eigenvalue weighted by Gasteiger charge is -2.34. The summed E-state index contributed by atoms with van der Waals surface area (Å²) in [6.07, 6.45) is 3.59. The standard InChI is InChI=1S/C33H47N3O5/c1-24(2)36(33(38)27-13-14-30(40-4)31(18-27)41-16-8-15-39-3)23-29-20-34-19-28(29)22-35(21-26-11-12-26)32(37)17-25-9-6-5-7-10-25/h5-7,9-10,13-14,18,24,26,28-29,34H,8,11-12,15-17,19-23H2,1-4H3. The molecule has 2 aromatic carbocycles. The van der Waals surface area contributed by atoms with Crippen molar-refractivity contribution < 1.29 is 23.8 Å². The van der Waals surface area contributed by atoms with Crippen LogP contribution in [0.2, 0.25) is 0 Å². The molecule has 2 aliphatic rings. The summed E-state index contributed by atoms with van der Waals surface area (Å²) >= 11 is 0. The van der Waals surface area contributed by atoms with Crippen LogP contribution in [0, 0.1) is 17.8 Å². The minimum Gasteiger partial charge on any atom is -0.493 e. The maximum Gasteiger partial charge on any atom is 0.254 e. The van der Waals surface area contributed by atoms with Crippen LogP contribution in [0.1, 0.15) is 49.0 Å². The number of nitrogens with one attached hydrogen (secondary N) is 1. The summed E-state index contributed by atoms with van der Waals surface area (Å²) in [6.45, 7) is 9.08. The van der Waals surface area contributed by atoms with Gasteiger partial charge in [0, 0.05) is 64.5 Å². The summed E-state index contributed by atoms with van der Waals surface area (Å²) in [6, 6.07) is 15.4. The molecule has 1 saturated carbocycles. The Labute approximate surface area is 245 Å². The van der Waals surface area contributed by atoms with E-state index < -0.39 is 0 Å². The molecule has 1 aliphatic heterocycles. The number of methoxy groups -OCH3 is 2. The lowest BCUT2D eigenvalue weighted by Crippen LogP contribution is -2.45. The number of rotatable bonds is 16. The third kappa shape index (κ3) is 8.94. The van der Waals surface area contributed by atoms with Gasteiger partial charge in [0.2, 0.25) is 5.91 Å². The molecule has 1 aliphatic carbocycles. The van der Waals surface area contributed by atoms with Gasteiger partial charge in [-0.15, -0.1) is 0 Å². The zero-order valence-corrected chi connectivity index (χ0v) is 25.1. The van der Waals surface area contributed by atoms with Crippen molar-refractivity contribution in [2.24, 2.45) is 17.8 Å². The Morgan fingerprint density at radius 1 is 0.927 bits per heavy atom. The van der Waals surface area contributed by atoms with E-state index in [-0.39, 0.29) is 29.7 Å². The van der Waals surface area contributed by atoms with Crippen LogP contribution < -0.4 is 14.8 Å². The van der Waals surface area contributed by atoms with Crippen LogP contribution in [0.5, 0.6) is 11.5 Å². The largest absolute Gasteiger partial charge is 0.493 e. The molecule has 8 nitrogen and oxygen atoms in total. The van der Waals surface area contributed by atoms with Gasteiger partial charge in [-0.2, -0.15) is 0 Å². The van der Waals surface area contributed by atoms with E-state index in [1.165, 1.54) is 12.8 Å². The first-order chi connectivity index (χ1) is 19.9. The van der Waals surface area contributed by atoms with Crippen LogP contribution in [0.15, 0.2) is 48.5 Å². The Kier molecular flexibility index (Phi) is 11.5. The molecule has 1 N–H and O–H groups in total. The van der Waals surface area contributed by atoms with Crippen molar-refractivity contribution in [1.82, 2.24) is 15.1 Å². The maximum atomic E-state index is 13.8. The summed E-state index contributed by atoms with van der Waals surface area (Å²) in [7, 11) is 3.27. The number of nitrogens with zero attached hydrogens (tertiary/aromatic N) is 2. The second kappa shape index (κ2) is 15.2. The minimum absolute atomic E-state index is 0.0231. The Morgan fingerprint density at radius 3 is 2.32 bits per heavy atom. The normalized spacial score (nSPS) is 18.4. The van der Waals surface area contributed by atoms with Crippen LogP contribution in [0.25, 0.3) is 0 Å². The maximum absolute atomic E-state index is 13.8. The number of ether oxygens (including phenoxy) is 3. The molecule has 8 heteroatoms. The van der Waals surface area contributed by atoms with Gasteiger partial charge in [0.25, 0.3) is 5.91 Å². The van der Waals surface area contributed by atoms with E-state index in [1.54, 1.807) is 26.4 Å². The predicted octanol–water partition coefficient (Wildman–Crippen LogP) is 4.28. The van der Waals surface area contributed by atoms with Gasteiger partial charge in [-0.1, -0.05) is 30.3 Å². The molecule has 0 aromatic heterocycles. The van der Waals surface area contributed by atoms with E-state index in [2.05, 4.69) is 24.1 Å². The van der Waals surface area contributed by atoms with Crippen LogP contribution in [-0.2, 0) is 16.0 Å². The highest BCUT2D eigenvalue weighted by Crippen LogP contribution is 2.32. The van der Waals surface area contributed by atoms with E-state index in [4.69, 9.17) is 14.2 Å². The molecule has 2 amide bonds. The molecule has 224 valence electrons. The summed E-state index contributed by atoms with van der Waals surface area (Å²) in [5, 5.41) is 3.54. The fourth-order valence-corrected chi connectivity index (χ4v) is 5.52. The average molecular weight is 566 g/mol. The number of amides is 2. The second-order valence-corrected chi connectivity index (χ2v) is 11.7. The number of benzene rings is 2.